The molecule has 0 amide bonds. The zero-order valence-electron chi connectivity index (χ0n) is 23.9. The first-order chi connectivity index (χ1) is 21.3. The lowest BCUT2D eigenvalue weighted by molar-refractivity contribution is 0.162. The van der Waals surface area contributed by atoms with E-state index in [1.54, 1.807) is 18.5 Å². The number of ether oxygens (including phenoxy) is 1. The zero-order valence-corrected chi connectivity index (χ0v) is 24.7. The van der Waals surface area contributed by atoms with E-state index in [9.17, 15) is 12.8 Å². The first-order valence-corrected chi connectivity index (χ1v) is 16.2. The number of hydrogen-bond donors (Lipinski definition) is 4. The summed E-state index contributed by atoms with van der Waals surface area (Å²) in [4.78, 5) is 12.3. The van der Waals surface area contributed by atoms with Crippen molar-refractivity contribution in [3.63, 3.8) is 0 Å². The van der Waals surface area contributed by atoms with Crippen molar-refractivity contribution in [1.82, 2.24) is 35.2 Å². The summed E-state index contributed by atoms with van der Waals surface area (Å²) in [6.07, 6.45) is 8.43. The van der Waals surface area contributed by atoms with Gasteiger partial charge in [0.2, 0.25) is 10.0 Å². The third-order valence-corrected chi connectivity index (χ3v) is 8.46. The van der Waals surface area contributed by atoms with Crippen molar-refractivity contribution in [3.8, 4) is 39.4 Å². The van der Waals surface area contributed by atoms with Crippen molar-refractivity contribution in [1.29, 1.82) is 0 Å². The van der Waals surface area contributed by atoms with E-state index in [2.05, 4.69) is 41.3 Å². The molecule has 1 aliphatic rings. The Labute approximate surface area is 253 Å². The minimum Gasteiger partial charge on any atom is -0.489 e. The molecule has 0 bridgehead atoms. The van der Waals surface area contributed by atoms with Gasteiger partial charge in [0.25, 0.3) is 0 Å². The number of halogens is 1. The SMILES string of the molecule is CS(=O)(=O)NCc1cc(F)cc(-c2ccnc3[nH]c(-c4n[nH]c5ccc(-c6cncc(OC7CCNCC7)c6)cc45)cc23)c1. The third-order valence-electron chi connectivity index (χ3n) is 7.79. The number of nitrogens with one attached hydrogen (secondary N) is 4. The minimum atomic E-state index is -3.43. The second-order valence-electron chi connectivity index (χ2n) is 11.1. The first-order valence-electron chi connectivity index (χ1n) is 14.3. The molecule has 1 saturated heterocycles. The molecule has 224 valence electrons. The molecule has 6 aromatic rings. The number of rotatable bonds is 8. The molecule has 0 saturated carbocycles. The number of aromatic amines is 2. The van der Waals surface area contributed by atoms with E-state index in [0.29, 0.717) is 16.8 Å². The van der Waals surface area contributed by atoms with Crippen molar-refractivity contribution in [2.45, 2.75) is 25.5 Å². The number of aromatic nitrogens is 5. The summed E-state index contributed by atoms with van der Waals surface area (Å²) in [5.74, 6) is 0.294. The molecule has 0 atom stereocenters. The monoisotopic (exact) mass is 611 g/mol. The Morgan fingerprint density at radius 3 is 2.68 bits per heavy atom. The zero-order chi connectivity index (χ0) is 30.3. The van der Waals surface area contributed by atoms with E-state index in [4.69, 9.17) is 4.74 Å². The number of nitrogens with zero attached hydrogens (tertiary/aromatic N) is 3. The topological polar surface area (TPSA) is 138 Å². The molecular formula is C32H30FN7O3S. The van der Waals surface area contributed by atoms with Crippen LogP contribution < -0.4 is 14.8 Å². The first kappa shape index (κ1) is 28.1. The van der Waals surface area contributed by atoms with Crippen LogP contribution in [0.5, 0.6) is 5.75 Å². The highest BCUT2D eigenvalue weighted by Gasteiger charge is 2.17. The maximum Gasteiger partial charge on any atom is 0.209 e. The van der Waals surface area contributed by atoms with Crippen LogP contribution in [0.3, 0.4) is 0 Å². The number of fused-ring (bicyclic) bond motifs is 2. The van der Waals surface area contributed by atoms with Crippen LogP contribution in [-0.4, -0.2) is 59.0 Å². The van der Waals surface area contributed by atoms with Crippen LogP contribution >= 0.6 is 0 Å². The molecule has 5 heterocycles. The van der Waals surface area contributed by atoms with E-state index >= 15 is 0 Å². The Bertz CT molecular complexity index is 2100. The van der Waals surface area contributed by atoms with Crippen molar-refractivity contribution >= 4 is 32.0 Å². The van der Waals surface area contributed by atoms with Gasteiger partial charge in [-0.25, -0.2) is 22.5 Å². The highest BCUT2D eigenvalue weighted by Crippen LogP contribution is 2.35. The summed E-state index contributed by atoms with van der Waals surface area (Å²) < 4.78 is 46.4. The quantitative estimate of drug-likeness (QED) is 0.187. The molecular weight excluding hydrogens is 581 g/mol. The Morgan fingerprint density at radius 1 is 0.977 bits per heavy atom. The Kier molecular flexibility index (Phi) is 7.32. The van der Waals surface area contributed by atoms with Gasteiger partial charge in [-0.15, -0.1) is 0 Å². The molecule has 4 N–H and O–H groups in total. The van der Waals surface area contributed by atoms with Crippen molar-refractivity contribution in [2.75, 3.05) is 19.3 Å². The molecule has 2 aromatic carbocycles. The Morgan fingerprint density at radius 2 is 1.84 bits per heavy atom. The summed E-state index contributed by atoms with van der Waals surface area (Å²) >= 11 is 0. The third kappa shape index (κ3) is 5.91. The number of piperidine rings is 1. The molecule has 0 unspecified atom stereocenters. The predicted molar refractivity (Wildman–Crippen MR) is 168 cm³/mol. The fourth-order valence-corrected chi connectivity index (χ4v) is 6.10. The second kappa shape index (κ2) is 11.5. The van der Waals surface area contributed by atoms with Gasteiger partial charge in [-0.1, -0.05) is 6.07 Å². The predicted octanol–water partition coefficient (Wildman–Crippen LogP) is 5.15. The van der Waals surface area contributed by atoms with Gasteiger partial charge in [0.1, 0.15) is 29.0 Å². The van der Waals surface area contributed by atoms with Crippen molar-refractivity contribution in [3.05, 3.63) is 84.6 Å². The van der Waals surface area contributed by atoms with Crippen LogP contribution in [0.15, 0.2) is 73.2 Å². The van der Waals surface area contributed by atoms with Gasteiger partial charge in [-0.3, -0.25) is 10.1 Å². The molecule has 0 aliphatic carbocycles. The molecule has 7 rings (SSSR count). The summed E-state index contributed by atoms with van der Waals surface area (Å²) in [7, 11) is -3.43. The summed E-state index contributed by atoms with van der Waals surface area (Å²) in [6.45, 7) is 1.89. The van der Waals surface area contributed by atoms with Gasteiger partial charge in [0, 0.05) is 35.3 Å². The average Bonchev–Trinajstić information content (AvgIpc) is 3.64. The number of pyridine rings is 2. The molecule has 10 nitrogen and oxygen atoms in total. The van der Waals surface area contributed by atoms with E-state index < -0.39 is 15.8 Å². The molecule has 0 spiro atoms. The maximum absolute atomic E-state index is 14.6. The fraction of sp³-hybridized carbons (Fsp3) is 0.219. The van der Waals surface area contributed by atoms with Crippen molar-refractivity contribution in [2.24, 2.45) is 0 Å². The molecule has 0 radical (unpaired) electrons. The summed E-state index contributed by atoms with van der Waals surface area (Å²) in [5.41, 5.74) is 6.77. The van der Waals surface area contributed by atoms with Gasteiger partial charge in [-0.2, -0.15) is 5.10 Å². The molecule has 1 fully saturated rings. The number of H-pyrrole nitrogens is 2. The lowest BCUT2D eigenvalue weighted by Gasteiger charge is -2.23. The Balaban J connectivity index is 1.23. The van der Waals surface area contributed by atoms with E-state index in [1.807, 2.05) is 36.5 Å². The van der Waals surface area contributed by atoms with Gasteiger partial charge in [-0.05, 0) is 96.7 Å². The van der Waals surface area contributed by atoms with Gasteiger partial charge >= 0.3 is 0 Å². The molecule has 12 heteroatoms. The molecule has 4 aromatic heterocycles. The van der Waals surface area contributed by atoms with E-state index in [1.165, 1.54) is 12.1 Å². The van der Waals surface area contributed by atoms with Gasteiger partial charge in [0.15, 0.2) is 0 Å². The normalized spacial score (nSPS) is 14.4. The average molecular weight is 612 g/mol. The maximum atomic E-state index is 14.6. The second-order valence-corrected chi connectivity index (χ2v) is 12.9. The Hall–Kier alpha value is -4.65. The lowest BCUT2D eigenvalue weighted by Crippen LogP contribution is -2.34. The van der Waals surface area contributed by atoms with E-state index in [-0.39, 0.29) is 12.6 Å². The largest absolute Gasteiger partial charge is 0.489 e. The van der Waals surface area contributed by atoms with Crippen LogP contribution in [-0.2, 0) is 16.6 Å². The number of sulfonamides is 1. The smallest absolute Gasteiger partial charge is 0.209 e. The van der Waals surface area contributed by atoms with E-state index in [0.717, 1.165) is 82.3 Å². The highest BCUT2D eigenvalue weighted by atomic mass is 32.2. The molecule has 44 heavy (non-hydrogen) atoms. The minimum absolute atomic E-state index is 0.0135. The van der Waals surface area contributed by atoms with Crippen LogP contribution in [0.25, 0.3) is 55.6 Å². The fourth-order valence-electron chi connectivity index (χ4n) is 5.67. The standard InChI is InChI=1S/C32H30FN7O3S/c1-44(41,42)37-16-19-10-21(12-23(33)11-19)26-6-9-36-32-27(26)15-30(38-32)31-28-14-20(2-3-29(28)39-40-31)22-13-25(18-35-17-22)43-24-4-7-34-8-5-24/h2-3,6,9-15,17-18,24,34,37H,4-5,7-8,16H2,1H3,(H,36,38)(H,39,40). The number of hydrogen-bond acceptors (Lipinski definition) is 7. The lowest BCUT2D eigenvalue weighted by atomic mass is 10.0. The summed E-state index contributed by atoms with van der Waals surface area (Å²) in [6, 6.07) is 16.4. The summed E-state index contributed by atoms with van der Waals surface area (Å²) in [5, 5.41) is 12.8. The van der Waals surface area contributed by atoms with Gasteiger partial charge < -0.3 is 15.0 Å². The van der Waals surface area contributed by atoms with Crippen LogP contribution in [0, 0.1) is 5.82 Å². The number of benzene rings is 2. The van der Waals surface area contributed by atoms with Crippen LogP contribution in [0.1, 0.15) is 18.4 Å². The van der Waals surface area contributed by atoms with Crippen LogP contribution in [0.4, 0.5) is 4.39 Å². The van der Waals surface area contributed by atoms with Crippen LogP contribution in [0.2, 0.25) is 0 Å². The molecule has 1 aliphatic heterocycles. The van der Waals surface area contributed by atoms with Crippen molar-refractivity contribution < 1.29 is 17.5 Å². The highest BCUT2D eigenvalue weighted by molar-refractivity contribution is 7.88. The van der Waals surface area contributed by atoms with Gasteiger partial charge in [0.05, 0.1) is 23.7 Å².